The quantitative estimate of drug-likeness (QED) is 0.300. The highest BCUT2D eigenvalue weighted by Gasteiger charge is 2.49. The predicted octanol–water partition coefficient (Wildman–Crippen LogP) is 0.104. The number of fused-ring (bicyclic) bond motifs is 1. The summed E-state index contributed by atoms with van der Waals surface area (Å²) in [5, 5.41) is 8.37. The van der Waals surface area contributed by atoms with Crippen LogP contribution >= 0.6 is 0 Å². The van der Waals surface area contributed by atoms with E-state index in [1.807, 2.05) is 0 Å². The summed E-state index contributed by atoms with van der Waals surface area (Å²) in [5.41, 5.74) is 0. The molecule has 0 saturated heterocycles. The summed E-state index contributed by atoms with van der Waals surface area (Å²) >= 11 is 0. The van der Waals surface area contributed by atoms with Gasteiger partial charge < -0.3 is 19.3 Å². The van der Waals surface area contributed by atoms with Gasteiger partial charge in [-0.3, -0.25) is 0 Å². The molecule has 1 saturated carbocycles. The van der Waals surface area contributed by atoms with Crippen LogP contribution in [0.25, 0.3) is 0 Å². The van der Waals surface area contributed by atoms with Gasteiger partial charge in [-0.15, -0.1) is 11.8 Å². The van der Waals surface area contributed by atoms with Crippen molar-refractivity contribution in [3.63, 3.8) is 0 Å². The summed E-state index contributed by atoms with van der Waals surface area (Å²) in [6.45, 7) is -0.0271. The summed E-state index contributed by atoms with van der Waals surface area (Å²) in [7, 11) is -4.04. The van der Waals surface area contributed by atoms with Crippen molar-refractivity contribution in [2.24, 2.45) is 17.8 Å². The highest BCUT2D eigenvalue weighted by atomic mass is 32.2. The third-order valence-corrected chi connectivity index (χ3v) is 5.62. The van der Waals surface area contributed by atoms with Gasteiger partial charge in [0.1, 0.15) is 6.61 Å². The maximum Gasteiger partial charge on any atom is 0.421 e. The van der Waals surface area contributed by atoms with Crippen LogP contribution in [0.3, 0.4) is 0 Å². The molecule has 0 aliphatic heterocycles. The molecule has 0 bridgehead atoms. The number of carbonyl (C=O) groups excluding carboxylic acids is 1. The first-order valence-corrected chi connectivity index (χ1v) is 10.6. The molecule has 1 unspecified atom stereocenters. The zero-order valence-electron chi connectivity index (χ0n) is 15.5. The molecule has 0 aromatic carbocycles. The molecule has 0 radical (unpaired) electrons. The van der Waals surface area contributed by atoms with E-state index in [0.717, 1.165) is 25.7 Å². The predicted molar refractivity (Wildman–Crippen MR) is 97.4 cm³/mol. The second-order valence-corrected chi connectivity index (χ2v) is 8.08. The Bertz CT molecular complexity index is 682. The summed E-state index contributed by atoms with van der Waals surface area (Å²) in [5.74, 6) is 6.43. The molecule has 158 valence electrons. The van der Waals surface area contributed by atoms with E-state index >= 15 is 0 Å². The van der Waals surface area contributed by atoms with Gasteiger partial charge in [-0.25, -0.2) is 14.3 Å². The van der Waals surface area contributed by atoms with E-state index in [4.69, 9.17) is 19.3 Å². The molecule has 1 amide bonds. The lowest BCUT2D eigenvalue weighted by Gasteiger charge is -2.09. The van der Waals surface area contributed by atoms with Gasteiger partial charge in [0.15, 0.2) is 0 Å². The van der Waals surface area contributed by atoms with Gasteiger partial charge in [0, 0.05) is 19.4 Å². The maximum atomic E-state index is 11.8. The largest absolute Gasteiger partial charge is 0.480 e. The fraction of sp³-hybridized carbons (Fsp3) is 0.765. The molecule has 2 rings (SSSR count). The number of hydrogen-bond donors (Lipinski definition) is 3. The summed E-state index contributed by atoms with van der Waals surface area (Å²) in [4.78, 5) is 21.9. The number of carbonyl (C=O) groups is 2. The van der Waals surface area contributed by atoms with Crippen LogP contribution in [0.4, 0.5) is 4.79 Å². The second kappa shape index (κ2) is 11.2. The first-order chi connectivity index (χ1) is 13.4. The normalized spacial score (nSPS) is 23.4. The van der Waals surface area contributed by atoms with Crippen LogP contribution in [0.5, 0.6) is 0 Å². The number of nitrogens with one attached hydrogen (secondary N) is 2. The molecule has 10 nitrogen and oxygen atoms in total. The third kappa shape index (κ3) is 8.43. The number of aliphatic carboxylic acids is 1. The topological polar surface area (TPSA) is 140 Å². The Balaban J connectivity index is 1.53. The van der Waals surface area contributed by atoms with Gasteiger partial charge in [-0.1, -0.05) is 0 Å². The lowest BCUT2D eigenvalue weighted by molar-refractivity contribution is -0.142. The van der Waals surface area contributed by atoms with E-state index in [9.17, 15) is 18.0 Å². The van der Waals surface area contributed by atoms with Crippen molar-refractivity contribution >= 4 is 22.3 Å². The van der Waals surface area contributed by atoms with Crippen LogP contribution in [0.1, 0.15) is 25.7 Å². The number of carboxylic acids is 1. The van der Waals surface area contributed by atoms with E-state index in [-0.39, 0.29) is 38.9 Å². The minimum absolute atomic E-state index is 0.0416. The van der Waals surface area contributed by atoms with Crippen molar-refractivity contribution in [3.8, 4) is 11.8 Å². The number of ether oxygens (including phenoxy) is 3. The Labute approximate surface area is 164 Å². The van der Waals surface area contributed by atoms with Gasteiger partial charge in [0.05, 0.1) is 26.4 Å². The van der Waals surface area contributed by atoms with E-state index in [1.165, 1.54) is 0 Å². The van der Waals surface area contributed by atoms with Crippen LogP contribution in [0.15, 0.2) is 0 Å². The standard InChI is InChI=1S/C17H26N2O8S/c20-16(21)12-26-10-9-25-8-7-18-28(23,24)19-17(22)27-11-15-13-5-3-1-2-4-6-14(13)15/h13-15,18H,3-12H2,(H,19,22)(H,20,21)/t13-,14+,15?. The minimum Gasteiger partial charge on any atom is -0.480 e. The minimum atomic E-state index is -4.04. The first kappa shape index (κ1) is 22.4. The summed E-state index contributed by atoms with van der Waals surface area (Å²) in [6.07, 6.45) is 2.69. The third-order valence-electron chi connectivity index (χ3n) is 4.60. The van der Waals surface area contributed by atoms with E-state index in [1.54, 1.807) is 4.72 Å². The van der Waals surface area contributed by atoms with E-state index < -0.39 is 28.9 Å². The average molecular weight is 418 g/mol. The SMILES string of the molecule is O=C(O)COCCOCCNS(=O)(=O)NC(=O)OCC1[C@H]2CCC#CCC[C@@H]12. The smallest absolute Gasteiger partial charge is 0.421 e. The van der Waals surface area contributed by atoms with Crippen LogP contribution in [0.2, 0.25) is 0 Å². The van der Waals surface area contributed by atoms with E-state index in [2.05, 4.69) is 16.6 Å². The molecule has 11 heteroatoms. The van der Waals surface area contributed by atoms with Gasteiger partial charge in [-0.2, -0.15) is 13.1 Å². The molecule has 28 heavy (non-hydrogen) atoms. The first-order valence-electron chi connectivity index (χ1n) is 9.16. The Morgan fingerprint density at radius 1 is 1.04 bits per heavy atom. The Morgan fingerprint density at radius 3 is 2.32 bits per heavy atom. The van der Waals surface area contributed by atoms with Gasteiger partial charge >= 0.3 is 22.3 Å². The molecule has 2 aliphatic rings. The Morgan fingerprint density at radius 2 is 1.68 bits per heavy atom. The van der Waals surface area contributed by atoms with E-state index in [0.29, 0.717) is 11.8 Å². The lowest BCUT2D eigenvalue weighted by Crippen LogP contribution is -2.42. The van der Waals surface area contributed by atoms with Gasteiger partial charge in [0.25, 0.3) is 0 Å². The van der Waals surface area contributed by atoms with Crippen molar-refractivity contribution in [2.45, 2.75) is 25.7 Å². The molecule has 3 N–H and O–H groups in total. The number of rotatable bonds is 12. The molecule has 0 aromatic heterocycles. The molecule has 1 fully saturated rings. The molecular formula is C17H26N2O8S. The Kier molecular flexibility index (Phi) is 8.98. The molecule has 0 spiro atoms. The highest BCUT2D eigenvalue weighted by Crippen LogP contribution is 2.52. The molecule has 3 atom stereocenters. The molecule has 0 aromatic rings. The number of hydrogen-bond acceptors (Lipinski definition) is 7. The second-order valence-electron chi connectivity index (χ2n) is 6.58. The highest BCUT2D eigenvalue weighted by molar-refractivity contribution is 7.88. The number of amides is 1. The molecule has 0 heterocycles. The lowest BCUT2D eigenvalue weighted by atomic mass is 10.1. The summed E-state index contributed by atoms with van der Waals surface area (Å²) < 4.78 is 42.4. The Hall–Kier alpha value is -1.87. The van der Waals surface area contributed by atoms with Crippen LogP contribution in [0, 0.1) is 29.6 Å². The van der Waals surface area contributed by atoms with Crippen LogP contribution in [-0.4, -0.2) is 65.2 Å². The van der Waals surface area contributed by atoms with Gasteiger partial charge in [-0.05, 0) is 30.6 Å². The zero-order chi connectivity index (χ0) is 20.4. The van der Waals surface area contributed by atoms with Crippen molar-refractivity contribution in [1.82, 2.24) is 9.44 Å². The monoisotopic (exact) mass is 418 g/mol. The maximum absolute atomic E-state index is 11.8. The summed E-state index contributed by atoms with van der Waals surface area (Å²) in [6, 6.07) is 0. The van der Waals surface area contributed by atoms with Crippen molar-refractivity contribution in [1.29, 1.82) is 0 Å². The average Bonchev–Trinajstić information content (AvgIpc) is 3.24. The fourth-order valence-electron chi connectivity index (χ4n) is 3.26. The van der Waals surface area contributed by atoms with Crippen LogP contribution < -0.4 is 9.44 Å². The fourth-order valence-corrected chi connectivity index (χ4v) is 3.96. The van der Waals surface area contributed by atoms with Gasteiger partial charge in [0.2, 0.25) is 0 Å². The number of carboxylic acid groups (broad SMARTS) is 1. The zero-order valence-corrected chi connectivity index (χ0v) is 16.3. The molecular weight excluding hydrogens is 392 g/mol. The van der Waals surface area contributed by atoms with Crippen molar-refractivity contribution in [3.05, 3.63) is 0 Å². The van der Waals surface area contributed by atoms with Crippen LogP contribution in [-0.2, 0) is 29.2 Å². The van der Waals surface area contributed by atoms with Crippen molar-refractivity contribution in [2.75, 3.05) is 39.6 Å². The molecule has 2 aliphatic carbocycles. The van der Waals surface area contributed by atoms with Crippen molar-refractivity contribution < 1.29 is 37.3 Å².